The van der Waals surface area contributed by atoms with E-state index in [0.717, 1.165) is 29.8 Å². The van der Waals surface area contributed by atoms with Gasteiger partial charge in [0.15, 0.2) is 0 Å². The van der Waals surface area contributed by atoms with Gasteiger partial charge in [-0.1, -0.05) is 36.9 Å². The zero-order valence-corrected chi connectivity index (χ0v) is 14.7. The van der Waals surface area contributed by atoms with E-state index in [1.807, 2.05) is 43.4 Å². The van der Waals surface area contributed by atoms with Crippen LogP contribution in [0.1, 0.15) is 18.9 Å². The molecule has 2 rings (SSSR count). The Balaban J connectivity index is 2.05. The van der Waals surface area contributed by atoms with Crippen molar-refractivity contribution in [1.82, 2.24) is 0 Å². The number of hydrogen-bond donors (Lipinski definition) is 0. The molecule has 128 valence electrons. The van der Waals surface area contributed by atoms with Crippen LogP contribution in [-0.4, -0.2) is 26.2 Å². The summed E-state index contributed by atoms with van der Waals surface area (Å²) in [6.45, 7) is 6.34. The molecule has 4 heteroatoms. The average Bonchev–Trinajstić information content (AvgIpc) is 2.64. The molecule has 4 nitrogen and oxygen atoms in total. The van der Waals surface area contributed by atoms with Gasteiger partial charge in [-0.25, -0.2) is 4.79 Å². The number of carbonyl (C=O) groups excluding carboxylic acids is 1. The first-order chi connectivity index (χ1) is 12.0. The van der Waals surface area contributed by atoms with Crippen LogP contribution in [0.5, 0.6) is 0 Å². The predicted octanol–water partition coefficient (Wildman–Crippen LogP) is 4.17. The van der Waals surface area contributed by atoms with E-state index in [0.29, 0.717) is 17.7 Å². The van der Waals surface area contributed by atoms with Crippen molar-refractivity contribution in [2.45, 2.75) is 13.3 Å². The van der Waals surface area contributed by atoms with Crippen LogP contribution in [0.4, 0.5) is 5.69 Å². The summed E-state index contributed by atoms with van der Waals surface area (Å²) < 4.78 is 5.13. The number of benzene rings is 2. The number of rotatable bonds is 7. The maximum Gasteiger partial charge on any atom is 0.333 e. The highest BCUT2D eigenvalue weighted by Crippen LogP contribution is 2.30. The number of para-hydroxylation sites is 1. The van der Waals surface area contributed by atoms with Crippen LogP contribution in [0.15, 0.2) is 60.7 Å². The van der Waals surface area contributed by atoms with Gasteiger partial charge in [0.2, 0.25) is 0 Å². The Morgan fingerprint density at radius 1 is 1.20 bits per heavy atom. The Labute approximate surface area is 149 Å². The number of hydrogen-bond acceptors (Lipinski definition) is 4. The largest absolute Gasteiger partial charge is 0.462 e. The van der Waals surface area contributed by atoms with Crippen molar-refractivity contribution in [3.63, 3.8) is 0 Å². The minimum absolute atomic E-state index is 0.347. The number of ether oxygens (including phenoxy) is 1. The van der Waals surface area contributed by atoms with Crippen LogP contribution in [0.2, 0.25) is 0 Å². The second-order valence-electron chi connectivity index (χ2n) is 5.90. The van der Waals surface area contributed by atoms with E-state index in [9.17, 15) is 4.79 Å². The van der Waals surface area contributed by atoms with E-state index in [1.54, 1.807) is 6.92 Å². The zero-order chi connectivity index (χ0) is 18.2. The van der Waals surface area contributed by atoms with Crippen molar-refractivity contribution < 1.29 is 9.53 Å². The van der Waals surface area contributed by atoms with E-state index in [2.05, 4.69) is 29.7 Å². The predicted molar refractivity (Wildman–Crippen MR) is 100 cm³/mol. The van der Waals surface area contributed by atoms with Crippen LogP contribution in [0.25, 0.3) is 11.1 Å². The molecule has 0 saturated heterocycles. The second-order valence-corrected chi connectivity index (χ2v) is 5.90. The maximum atomic E-state index is 11.4. The second kappa shape index (κ2) is 8.70. The Hall–Kier alpha value is -3.06. The summed E-state index contributed by atoms with van der Waals surface area (Å²) in [4.78, 5) is 13.5. The fourth-order valence-corrected chi connectivity index (χ4v) is 2.49. The van der Waals surface area contributed by atoms with Crippen LogP contribution in [0.3, 0.4) is 0 Å². The summed E-state index contributed by atoms with van der Waals surface area (Å²) >= 11 is 0. The van der Waals surface area contributed by atoms with Gasteiger partial charge in [0, 0.05) is 30.4 Å². The monoisotopic (exact) mass is 334 g/mol. The molecule has 0 atom stereocenters. The van der Waals surface area contributed by atoms with Gasteiger partial charge < -0.3 is 9.64 Å². The molecule has 0 amide bonds. The maximum absolute atomic E-state index is 11.4. The molecule has 0 saturated carbocycles. The van der Waals surface area contributed by atoms with E-state index >= 15 is 0 Å². The minimum Gasteiger partial charge on any atom is -0.462 e. The number of esters is 1. The molecule has 0 aliphatic rings. The van der Waals surface area contributed by atoms with Crippen molar-refractivity contribution >= 4 is 11.7 Å². The third kappa shape index (κ3) is 4.95. The number of nitrogens with zero attached hydrogens (tertiary/aromatic N) is 2. The summed E-state index contributed by atoms with van der Waals surface area (Å²) in [5, 5.41) is 8.94. The van der Waals surface area contributed by atoms with Crippen molar-refractivity contribution in [2.75, 3.05) is 25.1 Å². The van der Waals surface area contributed by atoms with Crippen LogP contribution in [-0.2, 0) is 9.53 Å². The molecule has 2 aromatic rings. The van der Waals surface area contributed by atoms with Gasteiger partial charge in [-0.15, -0.1) is 0 Å². The first-order valence-corrected chi connectivity index (χ1v) is 8.16. The Bertz CT molecular complexity index is 788. The highest BCUT2D eigenvalue weighted by molar-refractivity contribution is 5.86. The van der Waals surface area contributed by atoms with Crippen LogP contribution in [0, 0.1) is 11.3 Å². The van der Waals surface area contributed by atoms with Crippen molar-refractivity contribution in [2.24, 2.45) is 0 Å². The lowest BCUT2D eigenvalue weighted by Crippen LogP contribution is -2.21. The molecule has 0 aliphatic heterocycles. The highest BCUT2D eigenvalue weighted by atomic mass is 16.5. The Kier molecular flexibility index (Phi) is 6.36. The molecule has 0 heterocycles. The zero-order valence-electron chi connectivity index (χ0n) is 14.7. The molecule has 0 unspecified atom stereocenters. The van der Waals surface area contributed by atoms with Crippen LogP contribution >= 0.6 is 0 Å². The summed E-state index contributed by atoms with van der Waals surface area (Å²) in [7, 11) is 2.02. The lowest BCUT2D eigenvalue weighted by Gasteiger charge is -2.22. The third-order valence-electron chi connectivity index (χ3n) is 3.86. The van der Waals surface area contributed by atoms with Crippen molar-refractivity contribution in [3.05, 3.63) is 66.2 Å². The highest BCUT2D eigenvalue weighted by Gasteiger charge is 2.09. The molecule has 2 aromatic carbocycles. The summed E-state index contributed by atoms with van der Waals surface area (Å²) in [6.07, 6.45) is 0.733. The summed E-state index contributed by atoms with van der Waals surface area (Å²) in [5.74, 6) is -0.347. The number of anilines is 1. The Morgan fingerprint density at radius 2 is 1.88 bits per heavy atom. The molecule has 0 fully saturated rings. The van der Waals surface area contributed by atoms with Gasteiger partial charge in [0.1, 0.15) is 0 Å². The first-order valence-electron chi connectivity index (χ1n) is 8.16. The molecule has 0 spiro atoms. The fraction of sp³-hybridized carbons (Fsp3) is 0.238. The normalized spacial score (nSPS) is 9.96. The molecular weight excluding hydrogens is 312 g/mol. The average molecular weight is 334 g/mol. The molecule has 25 heavy (non-hydrogen) atoms. The molecule has 0 N–H and O–H groups in total. The van der Waals surface area contributed by atoms with Gasteiger partial charge in [-0.2, -0.15) is 5.26 Å². The van der Waals surface area contributed by atoms with E-state index in [1.165, 1.54) is 0 Å². The summed E-state index contributed by atoms with van der Waals surface area (Å²) in [5.41, 5.74) is 4.33. The Morgan fingerprint density at radius 3 is 2.52 bits per heavy atom. The number of carbonyl (C=O) groups is 1. The minimum atomic E-state index is -0.347. The standard InChI is InChI=1S/C21H22N2O2/c1-16(2)21(24)25-14-6-13-23(3)20-8-5-4-7-19(20)18-11-9-17(15-22)10-12-18/h4-5,7-12H,1,6,13-14H2,2-3H3. The smallest absolute Gasteiger partial charge is 0.333 e. The number of nitriles is 1. The van der Waals surface area contributed by atoms with Gasteiger partial charge in [-0.3, -0.25) is 0 Å². The van der Waals surface area contributed by atoms with E-state index in [-0.39, 0.29) is 5.97 Å². The molecular formula is C21H22N2O2. The van der Waals surface area contributed by atoms with E-state index in [4.69, 9.17) is 10.00 Å². The molecule has 0 aliphatic carbocycles. The van der Waals surface area contributed by atoms with Gasteiger partial charge in [0.25, 0.3) is 0 Å². The van der Waals surface area contributed by atoms with Crippen molar-refractivity contribution in [1.29, 1.82) is 5.26 Å². The third-order valence-corrected chi connectivity index (χ3v) is 3.86. The van der Waals surface area contributed by atoms with Crippen molar-refractivity contribution in [3.8, 4) is 17.2 Å². The van der Waals surface area contributed by atoms with Crippen LogP contribution < -0.4 is 4.90 Å². The lowest BCUT2D eigenvalue weighted by atomic mass is 10.0. The van der Waals surface area contributed by atoms with E-state index < -0.39 is 0 Å². The van der Waals surface area contributed by atoms with Gasteiger partial charge in [0.05, 0.1) is 18.2 Å². The molecule has 0 bridgehead atoms. The quantitative estimate of drug-likeness (QED) is 0.433. The topological polar surface area (TPSA) is 53.3 Å². The molecule has 0 aromatic heterocycles. The molecule has 0 radical (unpaired) electrons. The lowest BCUT2D eigenvalue weighted by molar-refractivity contribution is -0.138. The summed E-state index contributed by atoms with van der Waals surface area (Å²) in [6, 6.07) is 17.8. The fourth-order valence-electron chi connectivity index (χ4n) is 2.49. The first kappa shape index (κ1) is 18.3. The SMILES string of the molecule is C=C(C)C(=O)OCCCN(C)c1ccccc1-c1ccc(C#N)cc1. The van der Waals surface area contributed by atoms with Gasteiger partial charge in [-0.05, 0) is 37.1 Å². The van der Waals surface area contributed by atoms with Gasteiger partial charge >= 0.3 is 5.97 Å².